The number of nitrogens with one attached hydrogen (secondary N) is 1. The zero-order valence-electron chi connectivity index (χ0n) is 11.8. The quantitative estimate of drug-likeness (QED) is 0.823. The van der Waals surface area contributed by atoms with E-state index in [4.69, 9.17) is 5.73 Å². The summed E-state index contributed by atoms with van der Waals surface area (Å²) < 4.78 is 14.6. The van der Waals surface area contributed by atoms with Crippen LogP contribution >= 0.6 is 15.9 Å². The zero-order valence-corrected chi connectivity index (χ0v) is 13.4. The van der Waals surface area contributed by atoms with Gasteiger partial charge in [-0.25, -0.2) is 4.39 Å². The first-order chi connectivity index (χ1) is 9.88. The maximum absolute atomic E-state index is 13.6. The van der Waals surface area contributed by atoms with E-state index in [0.717, 1.165) is 10.0 Å². The lowest BCUT2D eigenvalue weighted by Gasteiger charge is -2.15. The molecule has 1 amide bonds. The Kier molecular flexibility index (Phi) is 4.63. The van der Waals surface area contributed by atoms with Gasteiger partial charge in [-0.05, 0) is 43.7 Å². The number of carbonyl (C=O) groups is 1. The smallest absolute Gasteiger partial charge is 0.251 e. The Morgan fingerprint density at radius 1 is 1.29 bits per heavy atom. The van der Waals surface area contributed by atoms with Gasteiger partial charge in [0.2, 0.25) is 0 Å². The van der Waals surface area contributed by atoms with E-state index in [1.165, 1.54) is 12.1 Å². The fraction of sp³-hybridized carbons (Fsp3) is 0.188. The highest BCUT2D eigenvalue weighted by Crippen LogP contribution is 2.20. The lowest BCUT2D eigenvalue weighted by Crippen LogP contribution is -2.26. The molecule has 21 heavy (non-hydrogen) atoms. The van der Waals surface area contributed by atoms with Crippen molar-refractivity contribution in [3.8, 4) is 0 Å². The number of halogens is 2. The minimum absolute atomic E-state index is 0.184. The van der Waals surface area contributed by atoms with E-state index in [2.05, 4.69) is 21.2 Å². The highest BCUT2D eigenvalue weighted by molar-refractivity contribution is 9.10. The normalized spacial score (nSPS) is 12.0. The van der Waals surface area contributed by atoms with Crippen LogP contribution in [0.25, 0.3) is 0 Å². The topological polar surface area (TPSA) is 55.1 Å². The number of carbonyl (C=O) groups excluding carboxylic acids is 1. The van der Waals surface area contributed by atoms with Crippen LogP contribution in [0.2, 0.25) is 0 Å². The minimum atomic E-state index is -0.476. The van der Waals surface area contributed by atoms with Crippen molar-refractivity contribution in [2.45, 2.75) is 19.9 Å². The molecule has 2 aromatic rings. The zero-order chi connectivity index (χ0) is 15.6. The van der Waals surface area contributed by atoms with Crippen molar-refractivity contribution in [1.29, 1.82) is 0 Å². The van der Waals surface area contributed by atoms with E-state index in [1.807, 2.05) is 31.2 Å². The van der Waals surface area contributed by atoms with Crippen LogP contribution < -0.4 is 11.1 Å². The molecule has 0 saturated carbocycles. The number of rotatable bonds is 3. The molecule has 110 valence electrons. The van der Waals surface area contributed by atoms with E-state index in [0.29, 0.717) is 5.56 Å². The predicted molar refractivity (Wildman–Crippen MR) is 85.6 cm³/mol. The van der Waals surface area contributed by atoms with E-state index >= 15 is 0 Å². The third-order valence-corrected chi connectivity index (χ3v) is 3.89. The number of nitrogens with two attached hydrogens (primary N) is 1. The van der Waals surface area contributed by atoms with Crippen LogP contribution in [0.3, 0.4) is 0 Å². The number of hydrogen-bond donors (Lipinski definition) is 2. The Bertz CT molecular complexity index is 647. The van der Waals surface area contributed by atoms with Crippen LogP contribution in [0.5, 0.6) is 0 Å². The Morgan fingerprint density at radius 3 is 2.48 bits per heavy atom. The SMILES string of the molecule is Cc1c(N)cc(C(=O)N[C@H](C)c2ccc(Br)cc2)cc1F. The molecule has 0 unspecified atom stereocenters. The van der Waals surface area contributed by atoms with E-state index in [9.17, 15) is 9.18 Å². The number of benzene rings is 2. The summed E-state index contributed by atoms with van der Waals surface area (Å²) in [6, 6.07) is 10.1. The number of hydrogen-bond acceptors (Lipinski definition) is 2. The summed E-state index contributed by atoms with van der Waals surface area (Å²) in [5.41, 5.74) is 7.51. The molecule has 3 N–H and O–H groups in total. The summed E-state index contributed by atoms with van der Waals surface area (Å²) in [6.45, 7) is 3.45. The summed E-state index contributed by atoms with van der Waals surface area (Å²) in [4.78, 5) is 12.2. The van der Waals surface area contributed by atoms with Gasteiger partial charge in [0, 0.05) is 21.3 Å². The summed E-state index contributed by atoms with van der Waals surface area (Å²) in [7, 11) is 0. The molecule has 2 aromatic carbocycles. The van der Waals surface area contributed by atoms with Crippen LogP contribution in [0.15, 0.2) is 40.9 Å². The van der Waals surface area contributed by atoms with E-state index < -0.39 is 5.82 Å². The van der Waals surface area contributed by atoms with Crippen molar-refractivity contribution in [3.05, 3.63) is 63.4 Å². The van der Waals surface area contributed by atoms with Crippen molar-refractivity contribution >= 4 is 27.5 Å². The monoisotopic (exact) mass is 350 g/mol. The molecule has 1 atom stereocenters. The molecule has 5 heteroatoms. The van der Waals surface area contributed by atoms with Gasteiger partial charge in [-0.15, -0.1) is 0 Å². The molecule has 0 radical (unpaired) electrons. The molecule has 0 aliphatic carbocycles. The summed E-state index contributed by atoms with van der Waals surface area (Å²) in [6.07, 6.45) is 0. The van der Waals surface area contributed by atoms with Crippen molar-refractivity contribution in [2.75, 3.05) is 5.73 Å². The Labute approximate surface area is 131 Å². The second-order valence-electron chi connectivity index (χ2n) is 4.92. The van der Waals surface area contributed by atoms with Gasteiger partial charge >= 0.3 is 0 Å². The van der Waals surface area contributed by atoms with Gasteiger partial charge in [-0.1, -0.05) is 28.1 Å². The second kappa shape index (κ2) is 6.26. The van der Waals surface area contributed by atoms with Gasteiger partial charge < -0.3 is 11.1 Å². The standard InChI is InChI=1S/C16H16BrFN2O/c1-9-14(18)7-12(8-15(9)19)16(21)20-10(2)11-3-5-13(17)6-4-11/h3-8,10H,19H2,1-2H3,(H,20,21)/t10-/m1/s1. The van der Waals surface area contributed by atoms with Gasteiger partial charge in [-0.2, -0.15) is 0 Å². The molecule has 3 nitrogen and oxygen atoms in total. The third kappa shape index (κ3) is 3.61. The summed E-state index contributed by atoms with van der Waals surface area (Å²) >= 11 is 3.36. The van der Waals surface area contributed by atoms with Gasteiger partial charge in [-0.3, -0.25) is 4.79 Å². The Hall–Kier alpha value is -1.88. The largest absolute Gasteiger partial charge is 0.398 e. The molecular formula is C16H16BrFN2O. The molecule has 0 aliphatic heterocycles. The molecule has 0 aromatic heterocycles. The lowest BCUT2D eigenvalue weighted by atomic mass is 10.1. The van der Waals surface area contributed by atoms with Crippen LogP contribution in [0, 0.1) is 12.7 Å². The highest BCUT2D eigenvalue weighted by atomic mass is 79.9. The molecule has 0 bridgehead atoms. The third-order valence-electron chi connectivity index (χ3n) is 3.36. The van der Waals surface area contributed by atoms with Crippen LogP contribution in [-0.4, -0.2) is 5.91 Å². The lowest BCUT2D eigenvalue weighted by molar-refractivity contribution is 0.0939. The van der Waals surface area contributed by atoms with Gasteiger partial charge in [0.15, 0.2) is 0 Å². The first kappa shape index (κ1) is 15.5. The van der Waals surface area contributed by atoms with Crippen molar-refractivity contribution in [3.63, 3.8) is 0 Å². The maximum atomic E-state index is 13.6. The highest BCUT2D eigenvalue weighted by Gasteiger charge is 2.14. The molecule has 0 spiro atoms. The second-order valence-corrected chi connectivity index (χ2v) is 5.83. The van der Waals surface area contributed by atoms with Gasteiger partial charge in [0.25, 0.3) is 5.91 Å². The fourth-order valence-corrected chi connectivity index (χ4v) is 2.21. The maximum Gasteiger partial charge on any atom is 0.251 e. The number of amides is 1. The summed E-state index contributed by atoms with van der Waals surface area (Å²) in [5.74, 6) is -0.826. The van der Waals surface area contributed by atoms with Crippen LogP contribution in [0.1, 0.15) is 34.5 Å². The van der Waals surface area contributed by atoms with Gasteiger partial charge in [0.1, 0.15) is 5.82 Å². The number of nitrogen functional groups attached to an aromatic ring is 1. The van der Waals surface area contributed by atoms with Crippen molar-refractivity contribution in [1.82, 2.24) is 5.32 Å². The fourth-order valence-electron chi connectivity index (χ4n) is 1.95. The predicted octanol–water partition coefficient (Wildman–Crippen LogP) is 3.97. The van der Waals surface area contributed by atoms with Crippen molar-refractivity contribution in [2.24, 2.45) is 0 Å². The number of anilines is 1. The van der Waals surface area contributed by atoms with Crippen molar-refractivity contribution < 1.29 is 9.18 Å². The average molecular weight is 351 g/mol. The van der Waals surface area contributed by atoms with Crippen LogP contribution in [-0.2, 0) is 0 Å². The Balaban J connectivity index is 2.16. The molecule has 0 saturated heterocycles. The molecule has 0 heterocycles. The first-order valence-corrected chi connectivity index (χ1v) is 7.29. The summed E-state index contributed by atoms with van der Waals surface area (Å²) in [5, 5.41) is 2.83. The van der Waals surface area contributed by atoms with Gasteiger partial charge in [0.05, 0.1) is 6.04 Å². The first-order valence-electron chi connectivity index (χ1n) is 6.50. The van der Waals surface area contributed by atoms with Crippen LogP contribution in [0.4, 0.5) is 10.1 Å². The molecule has 0 fully saturated rings. The molecule has 2 rings (SSSR count). The molecule has 0 aliphatic rings. The van der Waals surface area contributed by atoms with E-state index in [-0.39, 0.29) is 23.2 Å². The minimum Gasteiger partial charge on any atom is -0.398 e. The average Bonchev–Trinajstić information content (AvgIpc) is 2.44. The molecular weight excluding hydrogens is 335 g/mol. The Morgan fingerprint density at radius 2 is 1.90 bits per heavy atom. The van der Waals surface area contributed by atoms with E-state index in [1.54, 1.807) is 6.92 Å².